The smallest absolute Gasteiger partial charge is 0.205 e. The second kappa shape index (κ2) is 4.26. The first-order valence-electron chi connectivity index (χ1n) is 5.35. The predicted molar refractivity (Wildman–Crippen MR) is 59.6 cm³/mol. The van der Waals surface area contributed by atoms with Gasteiger partial charge in [0.25, 0.3) is 0 Å². The van der Waals surface area contributed by atoms with Crippen LogP contribution in [0.25, 0.3) is 0 Å². The molecule has 4 heteroatoms. The van der Waals surface area contributed by atoms with Gasteiger partial charge in [0.05, 0.1) is 0 Å². The Morgan fingerprint density at radius 1 is 1.50 bits per heavy atom. The van der Waals surface area contributed by atoms with Crippen LogP contribution in [0.5, 0.6) is 0 Å². The van der Waals surface area contributed by atoms with Crippen LogP contribution in [0, 0.1) is 5.41 Å². The van der Waals surface area contributed by atoms with Crippen LogP contribution in [0.3, 0.4) is 0 Å². The van der Waals surface area contributed by atoms with E-state index in [9.17, 15) is 0 Å². The molecule has 0 bridgehead atoms. The zero-order valence-electron chi connectivity index (χ0n) is 8.62. The maximum absolute atomic E-state index is 4.00. The highest BCUT2D eigenvalue weighted by atomic mass is 32.1. The lowest BCUT2D eigenvalue weighted by Crippen LogP contribution is -2.25. The third kappa shape index (κ3) is 2.05. The summed E-state index contributed by atoms with van der Waals surface area (Å²) >= 11 is 1.58. The molecule has 0 saturated heterocycles. The van der Waals surface area contributed by atoms with E-state index in [2.05, 4.69) is 22.4 Å². The van der Waals surface area contributed by atoms with Gasteiger partial charge in [0, 0.05) is 6.54 Å². The number of hydrogen-bond donors (Lipinski definition) is 1. The molecule has 1 fully saturated rings. The molecule has 3 nitrogen and oxygen atoms in total. The molecular formula is C10H17N3S. The molecule has 14 heavy (non-hydrogen) atoms. The Hall–Kier alpha value is -0.640. The van der Waals surface area contributed by atoms with Crippen molar-refractivity contribution in [2.75, 3.05) is 11.9 Å². The fourth-order valence-electron chi connectivity index (χ4n) is 2.29. The molecule has 1 aromatic rings. The highest BCUT2D eigenvalue weighted by Gasteiger charge is 2.31. The van der Waals surface area contributed by atoms with Crippen molar-refractivity contribution in [2.45, 2.75) is 39.0 Å². The molecule has 1 heterocycles. The first-order valence-corrected chi connectivity index (χ1v) is 6.23. The number of anilines is 1. The Balaban J connectivity index is 1.89. The maximum Gasteiger partial charge on any atom is 0.205 e. The summed E-state index contributed by atoms with van der Waals surface area (Å²) in [6, 6.07) is 0. The first-order chi connectivity index (χ1) is 6.85. The molecule has 0 amide bonds. The third-order valence-electron chi connectivity index (χ3n) is 3.39. The second-order valence-electron chi connectivity index (χ2n) is 4.16. The minimum Gasteiger partial charge on any atom is -0.360 e. The highest BCUT2D eigenvalue weighted by Crippen LogP contribution is 2.40. The van der Waals surface area contributed by atoms with Crippen molar-refractivity contribution in [2.24, 2.45) is 5.41 Å². The molecule has 1 aliphatic rings. The summed E-state index contributed by atoms with van der Waals surface area (Å²) in [4.78, 5) is 0. The van der Waals surface area contributed by atoms with E-state index in [4.69, 9.17) is 0 Å². The third-order valence-corrected chi connectivity index (χ3v) is 4.04. The Labute approximate surface area is 88.9 Å². The SMILES string of the molecule is CCC1(CNc2nncs2)CCCC1. The molecule has 0 unspecified atom stereocenters. The van der Waals surface area contributed by atoms with E-state index in [0.29, 0.717) is 5.41 Å². The van der Waals surface area contributed by atoms with Crippen LogP contribution in [0.1, 0.15) is 39.0 Å². The fourth-order valence-corrected chi connectivity index (χ4v) is 2.74. The largest absolute Gasteiger partial charge is 0.360 e. The summed E-state index contributed by atoms with van der Waals surface area (Å²) in [5, 5.41) is 12.2. The minimum absolute atomic E-state index is 0.533. The summed E-state index contributed by atoms with van der Waals surface area (Å²) < 4.78 is 0. The highest BCUT2D eigenvalue weighted by molar-refractivity contribution is 7.13. The van der Waals surface area contributed by atoms with E-state index in [1.165, 1.54) is 32.1 Å². The quantitative estimate of drug-likeness (QED) is 0.832. The van der Waals surface area contributed by atoms with E-state index < -0.39 is 0 Å². The Morgan fingerprint density at radius 3 is 2.86 bits per heavy atom. The molecule has 2 rings (SSSR count). The molecule has 0 aromatic carbocycles. The zero-order valence-corrected chi connectivity index (χ0v) is 9.44. The van der Waals surface area contributed by atoms with Crippen LogP contribution >= 0.6 is 11.3 Å². The van der Waals surface area contributed by atoms with Crippen molar-refractivity contribution < 1.29 is 0 Å². The molecule has 0 radical (unpaired) electrons. The molecule has 78 valence electrons. The number of hydrogen-bond acceptors (Lipinski definition) is 4. The lowest BCUT2D eigenvalue weighted by atomic mass is 9.83. The Bertz CT molecular complexity index is 265. The number of nitrogens with zero attached hydrogens (tertiary/aromatic N) is 2. The van der Waals surface area contributed by atoms with Crippen molar-refractivity contribution in [3.8, 4) is 0 Å². The lowest BCUT2D eigenvalue weighted by Gasteiger charge is -2.27. The van der Waals surface area contributed by atoms with Gasteiger partial charge >= 0.3 is 0 Å². The van der Waals surface area contributed by atoms with Gasteiger partial charge in [-0.1, -0.05) is 31.1 Å². The van der Waals surface area contributed by atoms with E-state index in [0.717, 1.165) is 11.7 Å². The standard InChI is InChI=1S/C10H17N3S/c1-2-10(5-3-4-6-10)7-11-9-13-12-8-14-9/h8H,2-7H2,1H3,(H,11,13). The maximum atomic E-state index is 4.00. The average Bonchev–Trinajstić information content (AvgIpc) is 2.87. The molecule has 0 atom stereocenters. The van der Waals surface area contributed by atoms with Crippen LogP contribution in [-0.2, 0) is 0 Å². The zero-order chi connectivity index (χ0) is 9.86. The Morgan fingerprint density at radius 2 is 2.29 bits per heavy atom. The topological polar surface area (TPSA) is 37.8 Å². The summed E-state index contributed by atoms with van der Waals surface area (Å²) in [6.45, 7) is 3.37. The van der Waals surface area contributed by atoms with Crippen molar-refractivity contribution in [1.29, 1.82) is 0 Å². The van der Waals surface area contributed by atoms with Gasteiger partial charge in [0.15, 0.2) is 0 Å². The normalized spacial score (nSPS) is 19.8. The van der Waals surface area contributed by atoms with Crippen molar-refractivity contribution >= 4 is 16.5 Å². The molecule has 1 saturated carbocycles. The monoisotopic (exact) mass is 211 g/mol. The van der Waals surface area contributed by atoms with Crippen molar-refractivity contribution in [3.05, 3.63) is 5.51 Å². The van der Waals surface area contributed by atoms with Crippen LogP contribution in [0.4, 0.5) is 5.13 Å². The van der Waals surface area contributed by atoms with Gasteiger partial charge in [-0.25, -0.2) is 0 Å². The van der Waals surface area contributed by atoms with Crippen LogP contribution in [0.2, 0.25) is 0 Å². The number of nitrogens with one attached hydrogen (secondary N) is 1. The van der Waals surface area contributed by atoms with Crippen molar-refractivity contribution in [1.82, 2.24) is 10.2 Å². The Kier molecular flexibility index (Phi) is 3.01. The lowest BCUT2D eigenvalue weighted by molar-refractivity contribution is 0.306. The van der Waals surface area contributed by atoms with Crippen LogP contribution in [0.15, 0.2) is 5.51 Å². The molecule has 1 N–H and O–H groups in total. The molecular weight excluding hydrogens is 194 g/mol. The number of aromatic nitrogens is 2. The van der Waals surface area contributed by atoms with E-state index in [1.54, 1.807) is 16.8 Å². The molecule has 0 aliphatic heterocycles. The van der Waals surface area contributed by atoms with Gasteiger partial charge in [-0.3, -0.25) is 0 Å². The van der Waals surface area contributed by atoms with Gasteiger partial charge in [-0.05, 0) is 24.7 Å². The second-order valence-corrected chi connectivity index (χ2v) is 4.99. The van der Waals surface area contributed by atoms with E-state index in [1.807, 2.05) is 0 Å². The summed E-state index contributed by atoms with van der Waals surface area (Å²) in [5.74, 6) is 0. The van der Waals surface area contributed by atoms with E-state index in [-0.39, 0.29) is 0 Å². The van der Waals surface area contributed by atoms with E-state index >= 15 is 0 Å². The molecule has 0 spiro atoms. The minimum atomic E-state index is 0.533. The average molecular weight is 211 g/mol. The van der Waals surface area contributed by atoms with Gasteiger partial charge in [0.2, 0.25) is 5.13 Å². The van der Waals surface area contributed by atoms with Crippen LogP contribution in [-0.4, -0.2) is 16.7 Å². The summed E-state index contributed by atoms with van der Waals surface area (Å²) in [5.41, 5.74) is 2.31. The predicted octanol–water partition coefficient (Wildman–Crippen LogP) is 2.92. The van der Waals surface area contributed by atoms with Crippen LogP contribution < -0.4 is 5.32 Å². The number of rotatable bonds is 4. The van der Waals surface area contributed by atoms with Gasteiger partial charge in [-0.2, -0.15) is 0 Å². The fraction of sp³-hybridized carbons (Fsp3) is 0.800. The summed E-state index contributed by atoms with van der Waals surface area (Å²) in [7, 11) is 0. The summed E-state index contributed by atoms with van der Waals surface area (Å²) in [6.07, 6.45) is 6.81. The van der Waals surface area contributed by atoms with Crippen molar-refractivity contribution in [3.63, 3.8) is 0 Å². The van der Waals surface area contributed by atoms with Gasteiger partial charge in [-0.15, -0.1) is 10.2 Å². The van der Waals surface area contributed by atoms with Gasteiger partial charge in [0.1, 0.15) is 5.51 Å². The first kappa shape index (κ1) is 9.90. The molecule has 1 aromatic heterocycles. The van der Waals surface area contributed by atoms with Gasteiger partial charge < -0.3 is 5.32 Å². The molecule has 1 aliphatic carbocycles.